The largest absolute Gasteiger partial charge is 0.356 e. The van der Waals surface area contributed by atoms with E-state index in [0.29, 0.717) is 0 Å². The zero-order valence-electron chi connectivity index (χ0n) is 18.2. The molecule has 1 aromatic rings. The molecule has 3 rings (SSSR count). The van der Waals surface area contributed by atoms with E-state index in [-0.39, 0.29) is 24.0 Å². The number of nitrogens with zero attached hydrogens (tertiary/aromatic N) is 4. The van der Waals surface area contributed by atoms with Crippen molar-refractivity contribution in [1.29, 1.82) is 0 Å². The highest BCUT2D eigenvalue weighted by atomic mass is 127. The average Bonchev–Trinajstić information content (AvgIpc) is 3.27. The van der Waals surface area contributed by atoms with Crippen LogP contribution < -0.4 is 15.5 Å². The highest BCUT2D eigenvalue weighted by Gasteiger charge is 2.17. The van der Waals surface area contributed by atoms with Crippen LogP contribution >= 0.6 is 24.0 Å². The van der Waals surface area contributed by atoms with Crippen molar-refractivity contribution in [3.63, 3.8) is 0 Å². The maximum absolute atomic E-state index is 4.59. The molecule has 7 heteroatoms. The van der Waals surface area contributed by atoms with Gasteiger partial charge in [-0.2, -0.15) is 0 Å². The molecule has 2 heterocycles. The number of halogens is 1. The number of nitrogens with one attached hydrogen (secondary N) is 2. The van der Waals surface area contributed by atoms with Gasteiger partial charge in [0.05, 0.1) is 0 Å². The highest BCUT2D eigenvalue weighted by Crippen LogP contribution is 2.28. The van der Waals surface area contributed by atoms with Crippen LogP contribution in [0.2, 0.25) is 0 Å². The van der Waals surface area contributed by atoms with E-state index in [0.717, 1.165) is 63.5 Å². The number of pyridine rings is 1. The van der Waals surface area contributed by atoms with E-state index in [2.05, 4.69) is 49.5 Å². The van der Waals surface area contributed by atoms with Crippen molar-refractivity contribution in [3.05, 3.63) is 23.9 Å². The van der Waals surface area contributed by atoms with Crippen LogP contribution in [0.3, 0.4) is 0 Å². The molecule has 1 aliphatic carbocycles. The molecule has 1 saturated carbocycles. The Bertz CT molecular complexity index is 609. The van der Waals surface area contributed by atoms with Gasteiger partial charge in [-0.1, -0.05) is 32.6 Å². The first kappa shape index (κ1) is 24.2. The Kier molecular flexibility index (Phi) is 11.1. The quantitative estimate of drug-likeness (QED) is 0.241. The van der Waals surface area contributed by atoms with Gasteiger partial charge >= 0.3 is 0 Å². The van der Waals surface area contributed by atoms with Gasteiger partial charge in [-0.25, -0.2) is 4.98 Å². The molecule has 0 aromatic carbocycles. The number of rotatable bonds is 8. The first-order valence-corrected chi connectivity index (χ1v) is 11.1. The molecule has 0 radical (unpaired) electrons. The van der Waals surface area contributed by atoms with E-state index in [1.54, 1.807) is 0 Å². The summed E-state index contributed by atoms with van der Waals surface area (Å²) < 4.78 is 0. The van der Waals surface area contributed by atoms with Crippen molar-refractivity contribution in [2.24, 2.45) is 10.9 Å². The van der Waals surface area contributed by atoms with Gasteiger partial charge in [-0.15, -0.1) is 24.0 Å². The molecule has 0 unspecified atom stereocenters. The standard InChI is InChI=1S/C22H38N6.HI/c1-3-27-13-15-28(16-14-27)21-17-20(10-12-24-21)18-26-22(23-2)25-11-6-9-19-7-4-5-8-19;/h10,12,17,19H,3-9,11,13-16,18H2,1-2H3,(H2,23,25,26);1H. The van der Waals surface area contributed by atoms with Gasteiger partial charge < -0.3 is 20.4 Å². The van der Waals surface area contributed by atoms with Crippen molar-refractivity contribution in [2.45, 2.75) is 52.0 Å². The van der Waals surface area contributed by atoms with Crippen molar-refractivity contribution < 1.29 is 0 Å². The number of anilines is 1. The Labute approximate surface area is 194 Å². The van der Waals surface area contributed by atoms with Crippen LogP contribution in [0.15, 0.2) is 23.3 Å². The monoisotopic (exact) mass is 514 g/mol. The molecule has 2 aliphatic rings. The first-order valence-electron chi connectivity index (χ1n) is 11.1. The molecule has 0 amide bonds. The fourth-order valence-corrected chi connectivity index (χ4v) is 4.34. The molecule has 1 saturated heterocycles. The third kappa shape index (κ3) is 7.92. The summed E-state index contributed by atoms with van der Waals surface area (Å²) in [6.07, 6.45) is 10.2. The Morgan fingerprint density at radius 1 is 1.17 bits per heavy atom. The fraction of sp³-hybridized carbons (Fsp3) is 0.727. The molecule has 2 fully saturated rings. The van der Waals surface area contributed by atoms with Gasteiger partial charge in [-0.05, 0) is 43.0 Å². The Morgan fingerprint density at radius 2 is 1.93 bits per heavy atom. The third-order valence-electron chi connectivity index (χ3n) is 6.19. The maximum Gasteiger partial charge on any atom is 0.191 e. The highest BCUT2D eigenvalue weighted by molar-refractivity contribution is 14.0. The summed E-state index contributed by atoms with van der Waals surface area (Å²) in [6.45, 7) is 9.50. The molecule has 164 valence electrons. The maximum atomic E-state index is 4.59. The minimum absolute atomic E-state index is 0. The lowest BCUT2D eigenvalue weighted by Gasteiger charge is -2.34. The van der Waals surface area contributed by atoms with Crippen LogP contribution in [0.1, 0.15) is 51.0 Å². The van der Waals surface area contributed by atoms with Crippen LogP contribution in [0.25, 0.3) is 0 Å². The van der Waals surface area contributed by atoms with E-state index in [4.69, 9.17) is 0 Å². The number of hydrogen-bond acceptors (Lipinski definition) is 4. The molecule has 1 aromatic heterocycles. The van der Waals surface area contributed by atoms with Crippen LogP contribution in [0.4, 0.5) is 5.82 Å². The summed E-state index contributed by atoms with van der Waals surface area (Å²) >= 11 is 0. The van der Waals surface area contributed by atoms with Crippen molar-refractivity contribution in [1.82, 2.24) is 20.5 Å². The summed E-state index contributed by atoms with van der Waals surface area (Å²) in [4.78, 5) is 13.8. The summed E-state index contributed by atoms with van der Waals surface area (Å²) in [5.74, 6) is 2.95. The summed E-state index contributed by atoms with van der Waals surface area (Å²) in [7, 11) is 1.84. The lowest BCUT2D eigenvalue weighted by Crippen LogP contribution is -2.46. The zero-order valence-corrected chi connectivity index (χ0v) is 20.5. The van der Waals surface area contributed by atoms with E-state index in [9.17, 15) is 0 Å². The number of hydrogen-bond donors (Lipinski definition) is 2. The van der Waals surface area contributed by atoms with E-state index in [1.165, 1.54) is 44.1 Å². The first-order chi connectivity index (χ1) is 13.8. The molecule has 0 spiro atoms. The Hall–Kier alpha value is -1.09. The number of piperazine rings is 1. The second kappa shape index (κ2) is 13.3. The topological polar surface area (TPSA) is 55.8 Å². The number of guanidine groups is 1. The second-order valence-corrected chi connectivity index (χ2v) is 8.09. The van der Waals surface area contributed by atoms with E-state index < -0.39 is 0 Å². The zero-order chi connectivity index (χ0) is 19.6. The van der Waals surface area contributed by atoms with Gasteiger partial charge in [0.1, 0.15) is 5.82 Å². The SMILES string of the molecule is CCN1CCN(c2cc(CNC(=NC)NCCCC3CCCC3)ccn2)CC1.I. The van der Waals surface area contributed by atoms with Crippen LogP contribution in [0, 0.1) is 5.92 Å². The van der Waals surface area contributed by atoms with Crippen LogP contribution in [-0.2, 0) is 6.54 Å². The molecule has 0 atom stereocenters. The molecular weight excluding hydrogens is 475 g/mol. The van der Waals surface area contributed by atoms with Crippen molar-refractivity contribution >= 4 is 35.8 Å². The predicted molar refractivity (Wildman–Crippen MR) is 133 cm³/mol. The molecular formula is C22H39IN6. The van der Waals surface area contributed by atoms with Crippen molar-refractivity contribution in [2.75, 3.05) is 51.2 Å². The van der Waals surface area contributed by atoms with E-state index in [1.807, 2.05) is 13.2 Å². The average molecular weight is 515 g/mol. The van der Waals surface area contributed by atoms with Gasteiger partial charge in [0.2, 0.25) is 0 Å². The Balaban J connectivity index is 0.00000300. The Morgan fingerprint density at radius 3 is 2.62 bits per heavy atom. The number of aliphatic imine (C=N–C) groups is 1. The molecule has 29 heavy (non-hydrogen) atoms. The van der Waals surface area contributed by atoms with Gasteiger partial charge in [-0.3, -0.25) is 4.99 Å². The molecule has 0 bridgehead atoms. The lowest BCUT2D eigenvalue weighted by atomic mass is 10.0. The smallest absolute Gasteiger partial charge is 0.191 e. The van der Waals surface area contributed by atoms with E-state index >= 15 is 0 Å². The summed E-state index contributed by atoms with van der Waals surface area (Å²) in [5, 5.41) is 6.91. The van der Waals surface area contributed by atoms with Crippen LogP contribution in [-0.4, -0.2) is 62.2 Å². The molecule has 6 nitrogen and oxygen atoms in total. The summed E-state index contributed by atoms with van der Waals surface area (Å²) in [6, 6.07) is 4.30. The fourth-order valence-electron chi connectivity index (χ4n) is 4.34. The van der Waals surface area contributed by atoms with Crippen LogP contribution in [0.5, 0.6) is 0 Å². The van der Waals surface area contributed by atoms with Crippen molar-refractivity contribution in [3.8, 4) is 0 Å². The predicted octanol–water partition coefficient (Wildman–Crippen LogP) is 3.48. The summed E-state index contributed by atoms with van der Waals surface area (Å²) in [5.41, 5.74) is 1.25. The minimum atomic E-state index is 0. The van der Waals surface area contributed by atoms with Gasteiger partial charge in [0.25, 0.3) is 0 Å². The number of aromatic nitrogens is 1. The normalized spacial score (nSPS) is 18.6. The minimum Gasteiger partial charge on any atom is -0.356 e. The molecule has 1 aliphatic heterocycles. The number of likely N-dealkylation sites (N-methyl/N-ethyl adjacent to an activating group) is 1. The lowest BCUT2D eigenvalue weighted by molar-refractivity contribution is 0.270. The third-order valence-corrected chi connectivity index (χ3v) is 6.19. The second-order valence-electron chi connectivity index (χ2n) is 8.09. The van der Waals surface area contributed by atoms with Gasteiger partial charge in [0.15, 0.2) is 5.96 Å². The molecule has 2 N–H and O–H groups in total. The van der Waals surface area contributed by atoms with Gasteiger partial charge in [0, 0.05) is 52.5 Å².